The summed E-state index contributed by atoms with van der Waals surface area (Å²) in [5, 5.41) is 0. The molecule has 0 unspecified atom stereocenters. The summed E-state index contributed by atoms with van der Waals surface area (Å²) in [6.07, 6.45) is 3.30. The Bertz CT molecular complexity index is 436. The van der Waals surface area contributed by atoms with Gasteiger partial charge in [-0.25, -0.2) is 10.6 Å². The highest BCUT2D eigenvalue weighted by molar-refractivity contribution is 7.99. The van der Waals surface area contributed by atoms with E-state index in [1.165, 1.54) is 34.6 Å². The minimum Gasteiger partial charge on any atom is -0.326 e. The highest BCUT2D eigenvalue weighted by Gasteiger charge is 2.11. The van der Waals surface area contributed by atoms with Gasteiger partial charge >= 0.3 is 6.03 Å². The maximum absolute atomic E-state index is 11.3. The number of rotatable bonds is 3. The molecule has 2 amide bonds. The second kappa shape index (κ2) is 6.11. The molecule has 5 heteroatoms. The number of nitrogens with zero attached hydrogens (tertiary/aromatic N) is 1. The third kappa shape index (κ3) is 3.17. The highest BCUT2D eigenvalue weighted by atomic mass is 32.2. The molecule has 0 aliphatic carbocycles. The van der Waals surface area contributed by atoms with Gasteiger partial charge in [-0.05, 0) is 42.2 Å². The normalized spacial score (nSPS) is 13.9. The van der Waals surface area contributed by atoms with Crippen molar-refractivity contribution in [2.45, 2.75) is 24.2 Å². The number of benzene rings is 1. The van der Waals surface area contributed by atoms with E-state index in [0.717, 1.165) is 6.42 Å². The number of hydrogen-bond acceptors (Lipinski definition) is 3. The van der Waals surface area contributed by atoms with Crippen molar-refractivity contribution in [1.29, 1.82) is 0 Å². The third-order valence-corrected chi connectivity index (χ3v) is 4.38. The van der Waals surface area contributed by atoms with E-state index in [-0.39, 0.29) is 6.03 Å². The van der Waals surface area contributed by atoms with E-state index >= 15 is 0 Å². The number of carbonyl (C=O) groups is 1. The summed E-state index contributed by atoms with van der Waals surface area (Å²) in [6, 6.07) is 6.39. The quantitative estimate of drug-likeness (QED) is 0.497. The summed E-state index contributed by atoms with van der Waals surface area (Å²) in [4.78, 5) is 14.3. The molecule has 1 aliphatic heterocycles. The minimum atomic E-state index is -0.247. The van der Waals surface area contributed by atoms with Gasteiger partial charge in [0.2, 0.25) is 0 Å². The largest absolute Gasteiger partial charge is 0.331 e. The Morgan fingerprint density at radius 2 is 2.39 bits per heavy atom. The lowest BCUT2D eigenvalue weighted by Gasteiger charge is -2.18. The summed E-state index contributed by atoms with van der Waals surface area (Å²) in [7, 11) is 1.75. The zero-order chi connectivity index (χ0) is 13.0. The standard InChI is InChI=1S/C13H19N3OS/c1-16(13(17)15-14)7-6-10-4-5-12-11(9-10)3-2-8-18-12/h4-5,9H,2-3,6-8,14H2,1H3,(H,15,17). The molecule has 1 aromatic carbocycles. The van der Waals surface area contributed by atoms with Crippen molar-refractivity contribution < 1.29 is 4.79 Å². The van der Waals surface area contributed by atoms with E-state index < -0.39 is 0 Å². The lowest BCUT2D eigenvalue weighted by atomic mass is 10.0. The molecular weight excluding hydrogens is 246 g/mol. The first-order chi connectivity index (χ1) is 8.70. The predicted octanol–water partition coefficient (Wildman–Crippen LogP) is 1.78. The first-order valence-electron chi connectivity index (χ1n) is 6.17. The van der Waals surface area contributed by atoms with Gasteiger partial charge in [-0.1, -0.05) is 12.1 Å². The molecule has 2 rings (SSSR count). The lowest BCUT2D eigenvalue weighted by Crippen LogP contribution is -2.41. The minimum absolute atomic E-state index is 0.247. The molecule has 4 nitrogen and oxygen atoms in total. The fraction of sp³-hybridized carbons (Fsp3) is 0.462. The number of nitrogens with one attached hydrogen (secondary N) is 1. The van der Waals surface area contributed by atoms with Gasteiger partial charge in [-0.2, -0.15) is 0 Å². The molecule has 0 aromatic heterocycles. The number of fused-ring (bicyclic) bond motifs is 1. The molecule has 0 bridgehead atoms. The second-order valence-electron chi connectivity index (χ2n) is 4.52. The number of amides is 2. The van der Waals surface area contributed by atoms with Crippen molar-refractivity contribution in [2.75, 3.05) is 19.3 Å². The Hall–Kier alpha value is -1.20. The fourth-order valence-corrected chi connectivity index (χ4v) is 3.10. The van der Waals surface area contributed by atoms with Gasteiger partial charge in [0.15, 0.2) is 0 Å². The van der Waals surface area contributed by atoms with Gasteiger partial charge in [0, 0.05) is 18.5 Å². The number of hydrogen-bond donors (Lipinski definition) is 2. The first kappa shape index (κ1) is 13.2. The average Bonchev–Trinajstić information content (AvgIpc) is 2.43. The maximum atomic E-state index is 11.3. The van der Waals surface area contributed by atoms with Crippen molar-refractivity contribution in [2.24, 2.45) is 5.84 Å². The SMILES string of the molecule is CN(CCc1ccc2c(c1)CCCS2)C(=O)NN. The van der Waals surface area contributed by atoms with Crippen molar-refractivity contribution in [3.63, 3.8) is 0 Å². The van der Waals surface area contributed by atoms with Gasteiger partial charge in [-0.15, -0.1) is 11.8 Å². The number of thioether (sulfide) groups is 1. The molecule has 0 saturated heterocycles. The zero-order valence-electron chi connectivity index (χ0n) is 10.6. The van der Waals surface area contributed by atoms with Crippen LogP contribution in [-0.2, 0) is 12.8 Å². The predicted molar refractivity (Wildman–Crippen MR) is 74.5 cm³/mol. The topological polar surface area (TPSA) is 58.4 Å². The third-order valence-electron chi connectivity index (χ3n) is 3.18. The maximum Gasteiger partial charge on any atom is 0.331 e. The van der Waals surface area contributed by atoms with Gasteiger partial charge in [-0.3, -0.25) is 5.43 Å². The molecule has 98 valence electrons. The van der Waals surface area contributed by atoms with E-state index in [4.69, 9.17) is 5.84 Å². The molecule has 18 heavy (non-hydrogen) atoms. The average molecular weight is 265 g/mol. The zero-order valence-corrected chi connectivity index (χ0v) is 11.4. The van der Waals surface area contributed by atoms with Crippen LogP contribution >= 0.6 is 11.8 Å². The molecule has 1 aliphatic rings. The molecule has 0 atom stereocenters. The summed E-state index contributed by atoms with van der Waals surface area (Å²) in [6.45, 7) is 0.676. The highest BCUT2D eigenvalue weighted by Crippen LogP contribution is 2.30. The number of hydrazine groups is 1. The van der Waals surface area contributed by atoms with E-state index in [1.54, 1.807) is 11.9 Å². The van der Waals surface area contributed by atoms with Crippen LogP contribution < -0.4 is 11.3 Å². The van der Waals surface area contributed by atoms with Crippen molar-refractivity contribution in [3.05, 3.63) is 29.3 Å². The van der Waals surface area contributed by atoms with Crippen LogP contribution in [0, 0.1) is 0 Å². The first-order valence-corrected chi connectivity index (χ1v) is 7.15. The molecule has 0 saturated carbocycles. The molecule has 1 aromatic rings. The Labute approximate surface area is 112 Å². The van der Waals surface area contributed by atoms with E-state index in [2.05, 4.69) is 23.6 Å². The Morgan fingerprint density at radius 3 is 3.17 bits per heavy atom. The molecule has 1 heterocycles. The van der Waals surface area contributed by atoms with Gasteiger partial charge < -0.3 is 4.90 Å². The van der Waals surface area contributed by atoms with Crippen LogP contribution in [0.2, 0.25) is 0 Å². The van der Waals surface area contributed by atoms with Gasteiger partial charge in [0.25, 0.3) is 0 Å². The Morgan fingerprint density at radius 1 is 1.56 bits per heavy atom. The monoisotopic (exact) mass is 265 g/mol. The van der Waals surface area contributed by atoms with Crippen molar-refractivity contribution in [3.8, 4) is 0 Å². The van der Waals surface area contributed by atoms with Crippen LogP contribution in [0.4, 0.5) is 4.79 Å². The smallest absolute Gasteiger partial charge is 0.326 e. The number of carbonyl (C=O) groups excluding carboxylic acids is 1. The second-order valence-corrected chi connectivity index (χ2v) is 5.65. The van der Waals surface area contributed by atoms with Crippen LogP contribution in [0.15, 0.2) is 23.1 Å². The van der Waals surface area contributed by atoms with Crippen molar-refractivity contribution in [1.82, 2.24) is 10.3 Å². The molecule has 3 N–H and O–H groups in total. The van der Waals surface area contributed by atoms with Gasteiger partial charge in [0.1, 0.15) is 0 Å². The molecule has 0 spiro atoms. The summed E-state index contributed by atoms with van der Waals surface area (Å²) in [5.74, 6) is 6.32. The van der Waals surface area contributed by atoms with Crippen LogP contribution in [-0.4, -0.2) is 30.3 Å². The molecule has 0 radical (unpaired) electrons. The summed E-state index contributed by atoms with van der Waals surface area (Å²) >= 11 is 1.94. The Balaban J connectivity index is 1.96. The van der Waals surface area contributed by atoms with Crippen molar-refractivity contribution >= 4 is 17.8 Å². The van der Waals surface area contributed by atoms with Gasteiger partial charge in [0.05, 0.1) is 0 Å². The van der Waals surface area contributed by atoms with E-state index in [0.29, 0.717) is 6.54 Å². The summed E-state index contributed by atoms with van der Waals surface area (Å²) in [5.41, 5.74) is 4.87. The number of nitrogens with two attached hydrogens (primary N) is 1. The molecule has 0 fully saturated rings. The van der Waals surface area contributed by atoms with Crippen LogP contribution in [0.3, 0.4) is 0 Å². The van der Waals surface area contributed by atoms with E-state index in [1.807, 2.05) is 11.8 Å². The number of likely N-dealkylation sites (N-methyl/N-ethyl adjacent to an activating group) is 1. The molecular formula is C13H19N3OS. The number of aryl methyl sites for hydroxylation is 1. The Kier molecular flexibility index (Phi) is 4.49. The van der Waals surface area contributed by atoms with Crippen LogP contribution in [0.25, 0.3) is 0 Å². The van der Waals surface area contributed by atoms with E-state index in [9.17, 15) is 4.79 Å². The lowest BCUT2D eigenvalue weighted by molar-refractivity contribution is 0.209. The number of urea groups is 1. The summed E-state index contributed by atoms with van der Waals surface area (Å²) < 4.78 is 0. The van der Waals surface area contributed by atoms with Crippen LogP contribution in [0.1, 0.15) is 17.5 Å². The fourth-order valence-electron chi connectivity index (χ4n) is 2.08. The van der Waals surface area contributed by atoms with Crippen LogP contribution in [0.5, 0.6) is 0 Å².